The second kappa shape index (κ2) is 36.6. The monoisotopic (exact) mass is 1800 g/mol. The molecule has 0 N–H and O–H groups in total. The van der Waals surface area contributed by atoms with Crippen LogP contribution in [0, 0.1) is 0 Å². The lowest BCUT2D eigenvalue weighted by Crippen LogP contribution is -2.00. The number of rotatable bonds is 15. The van der Waals surface area contributed by atoms with E-state index in [1.807, 2.05) is 115 Å². The Balaban J connectivity index is 0.000000113. The molecule has 26 rings (SSSR count). The van der Waals surface area contributed by atoms with Crippen LogP contribution in [0.3, 0.4) is 0 Å². The van der Waals surface area contributed by atoms with Crippen LogP contribution in [0.25, 0.3) is 252 Å². The van der Waals surface area contributed by atoms with Gasteiger partial charge < -0.3 is 0 Å². The summed E-state index contributed by atoms with van der Waals surface area (Å²) in [7, 11) is 0. The Kier molecular flexibility index (Phi) is 22.0. The predicted molar refractivity (Wildman–Crippen MR) is 570 cm³/mol. The van der Waals surface area contributed by atoms with Gasteiger partial charge in [0.2, 0.25) is 0 Å². The molecule has 8 aromatic heterocycles. The maximum atomic E-state index is 5.28. The molecule has 0 saturated heterocycles. The summed E-state index contributed by atoms with van der Waals surface area (Å²) in [5.74, 6) is 4.76. The van der Waals surface area contributed by atoms with E-state index in [9.17, 15) is 0 Å². The third kappa shape index (κ3) is 16.6. The Hall–Kier alpha value is -17.5. The van der Waals surface area contributed by atoms with E-state index in [4.69, 9.17) is 54.8 Å². The van der Waals surface area contributed by atoms with Crippen LogP contribution >= 0.6 is 34.0 Å². The number of fused-ring (bicyclic) bond motifs is 12. The zero-order valence-electron chi connectivity index (χ0n) is 73.6. The van der Waals surface area contributed by atoms with Crippen molar-refractivity contribution in [2.75, 3.05) is 0 Å². The molecule has 0 radical (unpaired) electrons. The fourth-order valence-electron chi connectivity index (χ4n) is 18.1. The average Bonchev–Trinajstić information content (AvgIpc) is 1.63. The van der Waals surface area contributed by atoms with E-state index < -0.39 is 0 Å². The number of hydrogen-bond donors (Lipinski definition) is 0. The summed E-state index contributed by atoms with van der Waals surface area (Å²) in [4.78, 5) is 58.7. The molecule has 137 heavy (non-hydrogen) atoms. The predicted octanol–water partition coefficient (Wildman–Crippen LogP) is 32.8. The van der Waals surface area contributed by atoms with Gasteiger partial charge in [-0.05, 0) is 97.4 Å². The highest BCUT2D eigenvalue weighted by molar-refractivity contribution is 7.26. The van der Waals surface area contributed by atoms with Gasteiger partial charge in [0.05, 0.1) is 28.5 Å². The number of nitrogens with zero attached hydrogens (tertiary/aromatic N) is 11. The zero-order chi connectivity index (χ0) is 90.9. The minimum absolute atomic E-state index is 0.617. The first-order valence-electron chi connectivity index (χ1n) is 45.4. The first-order chi connectivity index (χ1) is 67.9. The summed E-state index contributed by atoms with van der Waals surface area (Å²) in [6.07, 6.45) is 0. The van der Waals surface area contributed by atoms with Gasteiger partial charge in [0.1, 0.15) is 14.5 Å². The molecular formula is C123H77N11S3. The van der Waals surface area contributed by atoms with Gasteiger partial charge in [-0.1, -0.05) is 425 Å². The zero-order valence-corrected chi connectivity index (χ0v) is 76.0. The molecule has 642 valence electrons. The van der Waals surface area contributed by atoms with Crippen molar-refractivity contribution in [3.63, 3.8) is 0 Å². The van der Waals surface area contributed by atoms with Crippen LogP contribution in [0.1, 0.15) is 0 Å². The van der Waals surface area contributed by atoms with E-state index in [2.05, 4.69) is 352 Å². The van der Waals surface area contributed by atoms with E-state index in [0.717, 1.165) is 154 Å². The molecule has 0 amide bonds. The van der Waals surface area contributed by atoms with Gasteiger partial charge in [-0.25, -0.2) is 54.8 Å². The largest absolute Gasteiger partial charge is 0.228 e. The molecule has 0 aliphatic heterocycles. The molecule has 0 bridgehead atoms. The molecule has 26 aromatic rings. The second-order valence-electron chi connectivity index (χ2n) is 33.4. The van der Waals surface area contributed by atoms with Crippen LogP contribution in [0.2, 0.25) is 0 Å². The first kappa shape index (κ1) is 82.6. The summed E-state index contributed by atoms with van der Waals surface area (Å²) >= 11 is 5.14. The van der Waals surface area contributed by atoms with Crippen LogP contribution in [0.5, 0.6) is 0 Å². The lowest BCUT2D eigenvalue weighted by Gasteiger charge is -2.12. The Labute approximate surface area is 801 Å². The highest BCUT2D eigenvalue weighted by atomic mass is 32.1. The van der Waals surface area contributed by atoms with Gasteiger partial charge in [0.15, 0.2) is 40.8 Å². The summed E-state index contributed by atoms with van der Waals surface area (Å²) < 4.78 is 3.62. The summed E-state index contributed by atoms with van der Waals surface area (Å²) in [6, 6.07) is 162. The third-order valence-corrected chi connectivity index (χ3v) is 28.0. The molecule has 0 aliphatic rings. The smallest absolute Gasteiger partial charge is 0.164 e. The van der Waals surface area contributed by atoms with Crippen molar-refractivity contribution in [2.24, 2.45) is 0 Å². The molecule has 0 unspecified atom stereocenters. The van der Waals surface area contributed by atoms with E-state index >= 15 is 0 Å². The van der Waals surface area contributed by atoms with Crippen molar-refractivity contribution in [1.82, 2.24) is 54.8 Å². The van der Waals surface area contributed by atoms with Crippen LogP contribution in [0.4, 0.5) is 0 Å². The van der Waals surface area contributed by atoms with Gasteiger partial charge in [-0.2, -0.15) is 0 Å². The molecular weight excluding hydrogens is 1730 g/mol. The molecule has 0 aliphatic carbocycles. The van der Waals surface area contributed by atoms with Crippen molar-refractivity contribution in [3.8, 4) is 169 Å². The molecule has 11 nitrogen and oxygen atoms in total. The standard InChI is InChI=1S/C44H28N4S.C43H27N5S.C36H22N2S/c1-4-13-29(14-5-1)34-19-12-20-35(27-34)43-47-41(40-36-21-10-11-22-39(36)49-44(40)48-43)32-25-23-31(24-26-32)38-28-37(30-15-6-2-7-16-30)45-42(46-38)33-17-8-3-9-18-33;1-4-13-28(14-5-1)33-19-12-20-34(27-33)42-44-38(37-35-21-10-11-22-36(35)49-43(37)48-42)29-23-25-32(26-24-29)41-46-39(30-15-6-2-7-16-30)45-40(47-41)31-17-8-3-9-18-31;1-2-10-24(11-3-1)34-33-30-16-8-9-17-32(30)39-36(33)38-35(37-34)25-20-18-23(19-21-25)31-22-26-12-4-5-13-27(26)28-14-6-7-15-29(28)31/h1-28H;1-27H;1-22H. The van der Waals surface area contributed by atoms with Gasteiger partial charge >= 0.3 is 0 Å². The van der Waals surface area contributed by atoms with Crippen molar-refractivity contribution in [3.05, 3.63) is 467 Å². The normalized spacial score (nSPS) is 11.4. The van der Waals surface area contributed by atoms with E-state index in [1.165, 1.54) is 63.1 Å². The molecule has 0 atom stereocenters. The minimum atomic E-state index is 0.617. The summed E-state index contributed by atoms with van der Waals surface area (Å²) in [5, 5.41) is 11.9. The Morgan fingerprint density at radius 2 is 0.394 bits per heavy atom. The van der Waals surface area contributed by atoms with Crippen LogP contribution in [-0.2, 0) is 0 Å². The van der Waals surface area contributed by atoms with Crippen LogP contribution in [-0.4, -0.2) is 54.8 Å². The van der Waals surface area contributed by atoms with Crippen molar-refractivity contribution >= 4 is 116 Å². The summed E-state index contributed by atoms with van der Waals surface area (Å²) in [6.45, 7) is 0. The van der Waals surface area contributed by atoms with Crippen molar-refractivity contribution in [1.29, 1.82) is 0 Å². The van der Waals surface area contributed by atoms with Gasteiger partial charge in [-0.15, -0.1) is 34.0 Å². The fraction of sp³-hybridized carbons (Fsp3) is 0. The van der Waals surface area contributed by atoms with E-state index in [1.54, 1.807) is 34.0 Å². The lowest BCUT2D eigenvalue weighted by atomic mass is 9.93. The highest BCUT2D eigenvalue weighted by Gasteiger charge is 2.24. The van der Waals surface area contributed by atoms with Crippen LogP contribution < -0.4 is 0 Å². The minimum Gasteiger partial charge on any atom is -0.228 e. The molecule has 14 heteroatoms. The SMILES string of the molecule is c1ccc(-c2cccc(-c3nc(-c4ccc(-c5cc(-c6ccccc6)nc(-c6ccccc6)n5)cc4)c4c(n3)sc3ccccc34)c2)cc1.c1ccc(-c2cccc(-c3nc(-c4ccc(-c5nc(-c6ccccc6)nc(-c6ccccc6)n5)cc4)c4c(n3)sc3ccccc34)c2)cc1.c1ccc(-c2nc(-c3ccc(-c4cc5ccccc5c5ccccc45)cc3)nc3sc4ccccc4c23)cc1. The Morgan fingerprint density at radius 3 is 0.796 bits per heavy atom. The fourth-order valence-corrected chi connectivity index (χ4v) is 21.3. The Bertz CT molecular complexity index is 8500. The maximum absolute atomic E-state index is 5.28. The number of benzene rings is 18. The highest BCUT2D eigenvalue weighted by Crippen LogP contribution is 2.46. The van der Waals surface area contributed by atoms with Crippen LogP contribution in [0.15, 0.2) is 467 Å². The maximum Gasteiger partial charge on any atom is 0.164 e. The quantitative estimate of drug-likeness (QED) is 0.0906. The van der Waals surface area contributed by atoms with E-state index in [0.29, 0.717) is 34.9 Å². The van der Waals surface area contributed by atoms with Crippen molar-refractivity contribution in [2.45, 2.75) is 0 Å². The first-order valence-corrected chi connectivity index (χ1v) is 47.9. The van der Waals surface area contributed by atoms with Gasteiger partial charge in [-0.3, -0.25) is 0 Å². The van der Waals surface area contributed by atoms with Gasteiger partial charge in [0.25, 0.3) is 0 Å². The molecule has 0 saturated carbocycles. The van der Waals surface area contributed by atoms with E-state index in [-0.39, 0.29) is 0 Å². The van der Waals surface area contributed by atoms with Gasteiger partial charge in [0, 0.05) is 113 Å². The third-order valence-electron chi connectivity index (χ3n) is 24.8. The number of hydrogen-bond acceptors (Lipinski definition) is 14. The molecule has 0 fully saturated rings. The average molecular weight is 1810 g/mol. The molecule has 18 aromatic carbocycles. The van der Waals surface area contributed by atoms with Crippen molar-refractivity contribution < 1.29 is 0 Å². The second-order valence-corrected chi connectivity index (χ2v) is 36.5. The topological polar surface area (TPSA) is 142 Å². The number of thiophene rings is 3. The number of aromatic nitrogens is 11. The Morgan fingerprint density at radius 1 is 0.139 bits per heavy atom. The summed E-state index contributed by atoms with van der Waals surface area (Å²) in [5.41, 5.74) is 23.5. The molecule has 8 heterocycles. The molecule has 0 spiro atoms. The lowest BCUT2D eigenvalue weighted by molar-refractivity contribution is 1.07.